The molecule has 0 aliphatic heterocycles. The zero-order chi connectivity index (χ0) is 51.5. The van der Waals surface area contributed by atoms with Crippen LogP contribution < -0.4 is 9.80 Å². The maximum Gasteiger partial charge on any atom is 0.159 e. The summed E-state index contributed by atoms with van der Waals surface area (Å²) in [5.74, 6) is 0. The number of anilines is 6. The zero-order valence-electron chi connectivity index (χ0n) is 43.7. The average Bonchev–Trinajstić information content (AvgIpc) is 4.12. The third-order valence-electron chi connectivity index (χ3n) is 15.6. The monoisotopic (exact) mass is 980 g/mol. The minimum atomic E-state index is -0.114. The van der Waals surface area contributed by atoms with Crippen molar-refractivity contribution in [3.8, 4) is 22.3 Å². The lowest BCUT2D eigenvalue weighted by molar-refractivity contribution is 0.572. The van der Waals surface area contributed by atoms with Crippen molar-refractivity contribution in [3.05, 3.63) is 242 Å². The summed E-state index contributed by atoms with van der Waals surface area (Å²) in [7, 11) is 0. The van der Waals surface area contributed by atoms with Gasteiger partial charge in [-0.05, 0) is 103 Å². The lowest BCUT2D eigenvalue weighted by atomic mass is 9.86. The van der Waals surface area contributed by atoms with E-state index in [0.29, 0.717) is 0 Å². The molecule has 0 radical (unpaired) electrons. The average molecular weight is 981 g/mol. The van der Waals surface area contributed by atoms with E-state index in [4.69, 9.17) is 8.83 Å². The highest BCUT2D eigenvalue weighted by atomic mass is 16.3. The second kappa shape index (κ2) is 17.2. The van der Waals surface area contributed by atoms with Gasteiger partial charge < -0.3 is 18.6 Å². The molecule has 0 bridgehead atoms. The molecule has 0 atom stereocenters. The number of furan rings is 2. The summed E-state index contributed by atoms with van der Waals surface area (Å²) in [4.78, 5) is 4.85. The summed E-state index contributed by atoms with van der Waals surface area (Å²) in [6.45, 7) is 13.6. The summed E-state index contributed by atoms with van der Waals surface area (Å²) >= 11 is 0. The summed E-state index contributed by atoms with van der Waals surface area (Å²) in [6, 6.07) is 84.0. The van der Waals surface area contributed by atoms with E-state index in [1.807, 2.05) is 0 Å². The Labute approximate surface area is 443 Å². The van der Waals surface area contributed by atoms with Gasteiger partial charge in [-0.15, -0.1) is 0 Å². The van der Waals surface area contributed by atoms with Crippen LogP contribution in [0.3, 0.4) is 0 Å². The van der Waals surface area contributed by atoms with Gasteiger partial charge in [0.2, 0.25) is 0 Å². The summed E-state index contributed by atoms with van der Waals surface area (Å²) in [5.41, 5.74) is 16.5. The molecule has 14 rings (SSSR count). The molecule has 0 aliphatic carbocycles. The Hall–Kier alpha value is -9.12. The fourth-order valence-corrected chi connectivity index (χ4v) is 12.0. The molecule has 0 unspecified atom stereocenters. The zero-order valence-corrected chi connectivity index (χ0v) is 43.7. The molecule has 14 aromatic rings. The second-order valence-electron chi connectivity index (χ2n) is 22.5. The molecule has 12 aromatic carbocycles. The highest BCUT2D eigenvalue weighted by Gasteiger charge is 2.28. The molecule has 76 heavy (non-hydrogen) atoms. The van der Waals surface area contributed by atoms with Crippen LogP contribution in [0.4, 0.5) is 34.1 Å². The minimum absolute atomic E-state index is 0.114. The molecule has 0 spiro atoms. The number of benzene rings is 12. The third kappa shape index (κ3) is 7.27. The first-order valence-electron chi connectivity index (χ1n) is 26.5. The molecule has 2 heterocycles. The van der Waals surface area contributed by atoms with Crippen molar-refractivity contribution >= 4 is 110 Å². The first-order valence-corrected chi connectivity index (χ1v) is 26.5. The molecule has 0 saturated heterocycles. The van der Waals surface area contributed by atoms with E-state index in [0.717, 1.165) is 111 Å². The molecule has 0 fully saturated rings. The highest BCUT2D eigenvalue weighted by molar-refractivity contribution is 6.29. The molecular weight excluding hydrogens is 925 g/mol. The predicted molar refractivity (Wildman–Crippen MR) is 322 cm³/mol. The first-order chi connectivity index (χ1) is 37.0. The van der Waals surface area contributed by atoms with Gasteiger partial charge in [0.25, 0.3) is 0 Å². The van der Waals surface area contributed by atoms with Gasteiger partial charge in [0.1, 0.15) is 11.2 Å². The van der Waals surface area contributed by atoms with Crippen molar-refractivity contribution in [3.63, 3.8) is 0 Å². The van der Waals surface area contributed by atoms with Crippen LogP contribution >= 0.6 is 0 Å². The highest BCUT2D eigenvalue weighted by Crippen LogP contribution is 2.52. The fourth-order valence-electron chi connectivity index (χ4n) is 12.0. The minimum Gasteiger partial charge on any atom is -0.454 e. The lowest BCUT2D eigenvalue weighted by Gasteiger charge is -2.29. The van der Waals surface area contributed by atoms with Gasteiger partial charge in [-0.2, -0.15) is 0 Å². The van der Waals surface area contributed by atoms with Crippen LogP contribution in [0, 0.1) is 0 Å². The van der Waals surface area contributed by atoms with Crippen LogP contribution in [0.5, 0.6) is 0 Å². The first kappa shape index (κ1) is 45.5. The largest absolute Gasteiger partial charge is 0.454 e. The Morgan fingerprint density at radius 3 is 1.04 bits per heavy atom. The Bertz CT molecular complexity index is 4260. The van der Waals surface area contributed by atoms with Crippen LogP contribution in [0.25, 0.3) is 98.4 Å². The number of hydrogen-bond donors (Lipinski definition) is 0. The van der Waals surface area contributed by atoms with Crippen LogP contribution in [0.15, 0.2) is 239 Å². The van der Waals surface area contributed by atoms with Gasteiger partial charge in [-0.1, -0.05) is 224 Å². The fraction of sp³-hybridized carbons (Fsp3) is 0.111. The molecule has 4 nitrogen and oxygen atoms in total. The van der Waals surface area contributed by atoms with Crippen molar-refractivity contribution in [1.82, 2.24) is 0 Å². The number of nitrogens with zero attached hydrogens (tertiary/aromatic N) is 2. The van der Waals surface area contributed by atoms with E-state index < -0.39 is 0 Å². The molecule has 0 N–H and O–H groups in total. The third-order valence-corrected chi connectivity index (χ3v) is 15.6. The summed E-state index contributed by atoms with van der Waals surface area (Å²) in [5, 5.41) is 11.5. The van der Waals surface area contributed by atoms with E-state index in [1.165, 1.54) is 32.7 Å². The molecule has 0 aliphatic rings. The summed E-state index contributed by atoms with van der Waals surface area (Å²) in [6.07, 6.45) is 0. The molecule has 4 heteroatoms. The van der Waals surface area contributed by atoms with Gasteiger partial charge >= 0.3 is 0 Å². The van der Waals surface area contributed by atoms with Crippen LogP contribution in [-0.2, 0) is 10.8 Å². The van der Waals surface area contributed by atoms with Crippen molar-refractivity contribution < 1.29 is 8.83 Å². The number of hydrogen-bond acceptors (Lipinski definition) is 4. The van der Waals surface area contributed by atoms with Crippen molar-refractivity contribution in [2.75, 3.05) is 9.80 Å². The Balaban J connectivity index is 1.04. The summed E-state index contributed by atoms with van der Waals surface area (Å²) < 4.78 is 14.4. The standard InChI is InChI=1S/C72H56N2O2/c1-71(2,3)59-31-15-27-53-55-29-17-33-63(69(55)75-67(53)59)73(51-25-13-23-49(43-51)45-19-9-7-10-20-45)61-41-37-47-36-40-58-62(42-38-48-35-39-57(61)65(47)66(48)58)74(52-26-14-24-50(44-52)46-21-11-8-12-22-46)64-34-18-30-56-54-28-16-32-60(72(4,5)6)68(54)76-70(56)64/h7-44H,1-6H3. The molecule has 2 aromatic heterocycles. The molecular formula is C72H56N2O2. The quantitative estimate of drug-likeness (QED) is 0.142. The van der Waals surface area contributed by atoms with Gasteiger partial charge in [-0.3, -0.25) is 0 Å². The van der Waals surface area contributed by atoms with E-state index in [2.05, 4.69) is 282 Å². The van der Waals surface area contributed by atoms with E-state index >= 15 is 0 Å². The lowest BCUT2D eigenvalue weighted by Crippen LogP contribution is -2.12. The molecule has 366 valence electrons. The number of para-hydroxylation sites is 4. The van der Waals surface area contributed by atoms with E-state index in [9.17, 15) is 0 Å². The maximum absolute atomic E-state index is 7.19. The molecule has 0 saturated carbocycles. The Kier molecular flexibility index (Phi) is 10.3. The Morgan fingerprint density at radius 2 is 0.632 bits per heavy atom. The van der Waals surface area contributed by atoms with Crippen LogP contribution in [-0.4, -0.2) is 0 Å². The normalized spacial score (nSPS) is 12.3. The van der Waals surface area contributed by atoms with Gasteiger partial charge in [-0.25, -0.2) is 0 Å². The van der Waals surface area contributed by atoms with Gasteiger partial charge in [0, 0.05) is 54.8 Å². The van der Waals surface area contributed by atoms with Gasteiger partial charge in [0.05, 0.1) is 22.7 Å². The van der Waals surface area contributed by atoms with Crippen molar-refractivity contribution in [2.24, 2.45) is 0 Å². The predicted octanol–water partition coefficient (Wildman–Crippen LogP) is 21.3. The van der Waals surface area contributed by atoms with Crippen LogP contribution in [0.2, 0.25) is 0 Å². The topological polar surface area (TPSA) is 32.8 Å². The van der Waals surface area contributed by atoms with Crippen LogP contribution in [0.1, 0.15) is 52.7 Å². The van der Waals surface area contributed by atoms with E-state index in [-0.39, 0.29) is 10.8 Å². The van der Waals surface area contributed by atoms with Crippen molar-refractivity contribution in [1.29, 1.82) is 0 Å². The number of fused-ring (bicyclic) bond motifs is 6. The maximum atomic E-state index is 7.19. The van der Waals surface area contributed by atoms with E-state index in [1.54, 1.807) is 0 Å². The van der Waals surface area contributed by atoms with Crippen molar-refractivity contribution in [2.45, 2.75) is 52.4 Å². The smallest absolute Gasteiger partial charge is 0.159 e. The van der Waals surface area contributed by atoms with Gasteiger partial charge in [0.15, 0.2) is 11.2 Å². The molecule has 0 amide bonds. The second-order valence-corrected chi connectivity index (χ2v) is 22.5. The number of rotatable bonds is 8. The SMILES string of the molecule is CC(C)(C)c1cccc2c1oc1c(N(c3cccc(-c4ccccc4)c3)c3ccc4ccc5c(N(c6cccc(-c7ccccc7)c6)c6cccc7c6oc6c(C(C)(C)C)cccc67)ccc6ccc3c4c65)cccc12. The Morgan fingerprint density at radius 1 is 0.276 bits per heavy atom.